The molecule has 1 heterocycles. The van der Waals surface area contributed by atoms with Crippen molar-refractivity contribution in [2.24, 2.45) is 0 Å². The third-order valence-corrected chi connectivity index (χ3v) is 0.794. The van der Waals surface area contributed by atoms with Crippen molar-refractivity contribution >= 4 is 6.21 Å². The van der Waals surface area contributed by atoms with Crippen LogP contribution in [0.25, 0.3) is 0 Å². The number of nitrogens with one attached hydrogen (secondary N) is 1. The lowest BCUT2D eigenvalue weighted by Crippen LogP contribution is -1.77. The van der Waals surface area contributed by atoms with Gasteiger partial charge in [-0.2, -0.15) is 0 Å². The van der Waals surface area contributed by atoms with Gasteiger partial charge in [-0.05, 0) is 0 Å². The van der Waals surface area contributed by atoms with Crippen LogP contribution >= 0.6 is 0 Å². The van der Waals surface area contributed by atoms with Crippen molar-refractivity contribution in [1.29, 1.82) is 5.41 Å². The molecule has 0 bridgehead atoms. The maximum absolute atomic E-state index is 6.67. The Balaban J connectivity index is 2.62. The minimum Gasteiger partial charge on any atom is -0.361 e. The second-order valence-electron chi connectivity index (χ2n) is 1.39. The van der Waals surface area contributed by atoms with Crippen molar-refractivity contribution < 1.29 is 4.52 Å². The van der Waals surface area contributed by atoms with Gasteiger partial charge in [0.1, 0.15) is 5.76 Å². The van der Waals surface area contributed by atoms with E-state index in [-0.39, 0.29) is 0 Å². The maximum Gasteiger partial charge on any atom is 0.141 e. The fraction of sp³-hybridized carbons (Fsp3) is 0.200. The highest BCUT2D eigenvalue weighted by atomic mass is 16.5. The summed E-state index contributed by atoms with van der Waals surface area (Å²) in [5, 5.41) is 10.1. The molecule has 0 fully saturated rings. The number of hydrogen-bond acceptors (Lipinski definition) is 3. The van der Waals surface area contributed by atoms with Crippen molar-refractivity contribution in [3.8, 4) is 0 Å². The summed E-state index contributed by atoms with van der Waals surface area (Å²) in [5.41, 5.74) is 0. The number of aromatic nitrogens is 1. The van der Waals surface area contributed by atoms with Crippen LogP contribution in [-0.4, -0.2) is 11.4 Å². The molecule has 0 spiro atoms. The summed E-state index contributed by atoms with van der Waals surface area (Å²) >= 11 is 0. The highest BCUT2D eigenvalue weighted by Crippen LogP contribution is 1.93. The molecule has 8 heavy (non-hydrogen) atoms. The van der Waals surface area contributed by atoms with E-state index >= 15 is 0 Å². The average molecular weight is 110 g/mol. The Hall–Kier alpha value is -1.12. The zero-order valence-electron chi connectivity index (χ0n) is 4.29. The first-order valence-electron chi connectivity index (χ1n) is 2.32. The highest BCUT2D eigenvalue weighted by Gasteiger charge is 1.89. The van der Waals surface area contributed by atoms with Crippen LogP contribution in [0.15, 0.2) is 16.8 Å². The molecule has 0 aromatic carbocycles. The van der Waals surface area contributed by atoms with Crippen LogP contribution in [0.5, 0.6) is 0 Å². The second kappa shape index (κ2) is 2.26. The molecule has 1 N–H and O–H groups in total. The van der Waals surface area contributed by atoms with Gasteiger partial charge in [-0.1, -0.05) is 5.16 Å². The van der Waals surface area contributed by atoms with Crippen molar-refractivity contribution in [2.75, 3.05) is 0 Å². The van der Waals surface area contributed by atoms with Gasteiger partial charge in [0.2, 0.25) is 0 Å². The van der Waals surface area contributed by atoms with Crippen LogP contribution in [0.4, 0.5) is 0 Å². The molecule has 0 amide bonds. The van der Waals surface area contributed by atoms with Gasteiger partial charge in [0.05, 0.1) is 6.20 Å². The Morgan fingerprint density at radius 3 is 3.25 bits per heavy atom. The van der Waals surface area contributed by atoms with Gasteiger partial charge < -0.3 is 9.93 Å². The molecule has 1 rings (SSSR count). The predicted octanol–water partition coefficient (Wildman–Crippen LogP) is 0.867. The molecule has 0 aliphatic carbocycles. The summed E-state index contributed by atoms with van der Waals surface area (Å²) in [7, 11) is 0. The summed E-state index contributed by atoms with van der Waals surface area (Å²) in [6.45, 7) is 0. The quantitative estimate of drug-likeness (QED) is 0.574. The minimum atomic E-state index is 0.542. The molecule has 0 saturated heterocycles. The Labute approximate surface area is 46.8 Å². The summed E-state index contributed by atoms with van der Waals surface area (Å²) in [4.78, 5) is 0. The lowest BCUT2D eigenvalue weighted by Gasteiger charge is -1.78. The van der Waals surface area contributed by atoms with Crippen LogP contribution < -0.4 is 0 Å². The molecule has 1 aromatic rings. The van der Waals surface area contributed by atoms with E-state index in [1.807, 2.05) is 0 Å². The SMILES string of the molecule is N=CCc1ccno1. The topological polar surface area (TPSA) is 49.9 Å². The summed E-state index contributed by atoms with van der Waals surface area (Å²) in [5.74, 6) is 0.736. The molecule has 0 unspecified atom stereocenters. The van der Waals surface area contributed by atoms with Crippen LogP contribution in [0.3, 0.4) is 0 Å². The Morgan fingerprint density at radius 1 is 1.88 bits per heavy atom. The minimum absolute atomic E-state index is 0.542. The van der Waals surface area contributed by atoms with E-state index in [1.165, 1.54) is 6.21 Å². The normalized spacial score (nSPS) is 9.00. The zero-order chi connectivity index (χ0) is 5.82. The Bertz CT molecular complexity index is 157. The molecule has 0 atom stereocenters. The van der Waals surface area contributed by atoms with Gasteiger partial charge in [-0.15, -0.1) is 0 Å². The molecule has 0 saturated carbocycles. The lowest BCUT2D eigenvalue weighted by atomic mass is 10.4. The van der Waals surface area contributed by atoms with Crippen LogP contribution in [0, 0.1) is 5.41 Å². The predicted molar refractivity (Wildman–Crippen MR) is 29.0 cm³/mol. The van der Waals surface area contributed by atoms with Gasteiger partial charge in [0.25, 0.3) is 0 Å². The molecule has 42 valence electrons. The molecular weight excluding hydrogens is 104 g/mol. The lowest BCUT2D eigenvalue weighted by molar-refractivity contribution is 0.393. The van der Waals surface area contributed by atoms with Crippen molar-refractivity contribution in [3.63, 3.8) is 0 Å². The number of hydrogen-bond donors (Lipinski definition) is 1. The van der Waals surface area contributed by atoms with E-state index in [9.17, 15) is 0 Å². The van der Waals surface area contributed by atoms with Crippen molar-refractivity contribution in [3.05, 3.63) is 18.0 Å². The molecule has 0 aliphatic rings. The molecule has 3 nitrogen and oxygen atoms in total. The summed E-state index contributed by atoms with van der Waals surface area (Å²) < 4.78 is 4.67. The van der Waals surface area contributed by atoms with Gasteiger partial charge >= 0.3 is 0 Å². The largest absolute Gasteiger partial charge is 0.361 e. The third kappa shape index (κ3) is 0.932. The smallest absolute Gasteiger partial charge is 0.141 e. The van der Waals surface area contributed by atoms with Crippen LogP contribution in [0.2, 0.25) is 0 Å². The van der Waals surface area contributed by atoms with Gasteiger partial charge in [-0.25, -0.2) is 0 Å². The van der Waals surface area contributed by atoms with E-state index in [2.05, 4.69) is 9.68 Å². The van der Waals surface area contributed by atoms with Crippen LogP contribution in [0.1, 0.15) is 5.76 Å². The maximum atomic E-state index is 6.67. The first-order chi connectivity index (χ1) is 3.93. The Morgan fingerprint density at radius 2 is 2.75 bits per heavy atom. The third-order valence-electron chi connectivity index (χ3n) is 0.794. The van der Waals surface area contributed by atoms with E-state index < -0.39 is 0 Å². The molecule has 3 heteroatoms. The zero-order valence-corrected chi connectivity index (χ0v) is 4.29. The monoisotopic (exact) mass is 110 g/mol. The molecule has 0 aliphatic heterocycles. The van der Waals surface area contributed by atoms with Crippen LogP contribution in [-0.2, 0) is 6.42 Å². The summed E-state index contributed by atoms with van der Waals surface area (Å²) in [6, 6.07) is 1.74. The second-order valence-corrected chi connectivity index (χ2v) is 1.39. The van der Waals surface area contributed by atoms with E-state index in [0.29, 0.717) is 6.42 Å². The molecule has 1 aromatic heterocycles. The fourth-order valence-corrected chi connectivity index (χ4v) is 0.448. The average Bonchev–Trinajstić information content (AvgIpc) is 2.19. The van der Waals surface area contributed by atoms with Gasteiger partial charge in [-0.3, -0.25) is 0 Å². The first-order valence-corrected chi connectivity index (χ1v) is 2.32. The molecular formula is C5H6N2O. The first kappa shape index (κ1) is 5.03. The highest BCUT2D eigenvalue weighted by molar-refractivity contribution is 5.56. The van der Waals surface area contributed by atoms with E-state index in [1.54, 1.807) is 12.3 Å². The van der Waals surface area contributed by atoms with E-state index in [0.717, 1.165) is 5.76 Å². The summed E-state index contributed by atoms with van der Waals surface area (Å²) in [6.07, 6.45) is 3.39. The molecule has 0 radical (unpaired) electrons. The van der Waals surface area contributed by atoms with Gasteiger partial charge in [0.15, 0.2) is 0 Å². The van der Waals surface area contributed by atoms with Crippen molar-refractivity contribution in [2.45, 2.75) is 6.42 Å². The number of nitrogens with zero attached hydrogens (tertiary/aromatic N) is 1. The van der Waals surface area contributed by atoms with E-state index in [4.69, 9.17) is 5.41 Å². The van der Waals surface area contributed by atoms with Gasteiger partial charge in [0, 0.05) is 18.7 Å². The fourth-order valence-electron chi connectivity index (χ4n) is 0.448. The number of rotatable bonds is 2. The standard InChI is InChI=1S/C5H6N2O/c6-3-1-5-2-4-7-8-5/h2-4,6H,1H2. The Kier molecular flexibility index (Phi) is 1.42. The van der Waals surface area contributed by atoms with Crippen molar-refractivity contribution in [1.82, 2.24) is 5.16 Å².